The number of fused-ring (bicyclic) bond motifs is 1. The summed E-state index contributed by atoms with van der Waals surface area (Å²) in [6.07, 6.45) is 0.523. The van der Waals surface area contributed by atoms with E-state index in [1.807, 2.05) is 20.8 Å². The van der Waals surface area contributed by atoms with Crippen molar-refractivity contribution >= 4 is 11.9 Å². The molecule has 2 aliphatic heterocycles. The molecule has 1 amide bonds. The van der Waals surface area contributed by atoms with Gasteiger partial charge in [-0.15, -0.1) is 0 Å². The van der Waals surface area contributed by atoms with Gasteiger partial charge in [0.1, 0.15) is 0 Å². The zero-order valence-electron chi connectivity index (χ0n) is 9.50. The molecule has 4 nitrogen and oxygen atoms in total. The second kappa shape index (κ2) is 3.08. The van der Waals surface area contributed by atoms with E-state index in [4.69, 9.17) is 0 Å². The van der Waals surface area contributed by atoms with Gasteiger partial charge >= 0.3 is 0 Å². The molecule has 2 rings (SSSR count). The molecular formula is C11H17N3O. The maximum absolute atomic E-state index is 11.8. The Balaban J connectivity index is 2.24. The molecule has 0 bridgehead atoms. The first-order chi connectivity index (χ1) is 6.89. The Bertz CT molecular complexity index is 357. The van der Waals surface area contributed by atoms with Gasteiger partial charge in [-0.2, -0.15) is 0 Å². The van der Waals surface area contributed by atoms with Crippen LogP contribution in [0.1, 0.15) is 27.2 Å². The summed E-state index contributed by atoms with van der Waals surface area (Å²) in [7, 11) is 0. The van der Waals surface area contributed by atoms with E-state index in [0.29, 0.717) is 18.9 Å². The zero-order valence-corrected chi connectivity index (χ0v) is 9.50. The topological polar surface area (TPSA) is 44.7 Å². The van der Waals surface area contributed by atoms with E-state index in [1.54, 1.807) is 4.90 Å². The fourth-order valence-electron chi connectivity index (χ4n) is 1.92. The number of hydrogen-bond donors (Lipinski definition) is 1. The molecule has 1 saturated heterocycles. The first-order valence-corrected chi connectivity index (χ1v) is 5.21. The molecule has 0 aromatic rings. The number of carbonyl (C=O) groups is 1. The maximum Gasteiger partial charge on any atom is 0.231 e. The predicted molar refractivity (Wildman–Crippen MR) is 59.6 cm³/mol. The third-order valence-electron chi connectivity index (χ3n) is 2.80. The van der Waals surface area contributed by atoms with Crippen LogP contribution in [0, 0.1) is 0 Å². The van der Waals surface area contributed by atoms with Crippen molar-refractivity contribution in [2.45, 2.75) is 38.8 Å². The molecule has 4 heteroatoms. The van der Waals surface area contributed by atoms with E-state index < -0.39 is 0 Å². The summed E-state index contributed by atoms with van der Waals surface area (Å²) in [6, 6.07) is 0.0605. The average Bonchev–Trinajstić information content (AvgIpc) is 2.45. The number of aliphatic imine (C=N–C) groups is 1. The summed E-state index contributed by atoms with van der Waals surface area (Å²) in [5, 5.41) is 3.28. The lowest BCUT2D eigenvalue weighted by atomic mass is 9.98. The number of nitrogens with one attached hydrogen (secondary N) is 1. The van der Waals surface area contributed by atoms with E-state index >= 15 is 0 Å². The molecule has 82 valence electrons. The van der Waals surface area contributed by atoms with Crippen LogP contribution in [0.25, 0.3) is 0 Å². The maximum atomic E-state index is 11.8. The monoisotopic (exact) mass is 207 g/mol. The van der Waals surface area contributed by atoms with Gasteiger partial charge in [0.25, 0.3) is 0 Å². The summed E-state index contributed by atoms with van der Waals surface area (Å²) in [5.41, 5.74) is 0.820. The Hall–Kier alpha value is -1.32. The molecule has 0 spiro atoms. The van der Waals surface area contributed by atoms with Gasteiger partial charge in [-0.05, 0) is 20.8 Å². The van der Waals surface area contributed by atoms with E-state index in [9.17, 15) is 4.79 Å². The fraction of sp³-hybridized carbons (Fsp3) is 0.636. The number of amides is 1. The molecule has 0 radical (unpaired) electrons. The Labute approximate surface area is 90.1 Å². The zero-order chi connectivity index (χ0) is 11.2. The highest BCUT2D eigenvalue weighted by Crippen LogP contribution is 2.23. The Kier molecular flexibility index (Phi) is 2.10. The summed E-state index contributed by atoms with van der Waals surface area (Å²) in [4.78, 5) is 18.0. The molecule has 0 aromatic carbocycles. The van der Waals surface area contributed by atoms with Crippen LogP contribution in [0.2, 0.25) is 0 Å². The van der Waals surface area contributed by atoms with Crippen molar-refractivity contribution in [2.24, 2.45) is 4.99 Å². The molecule has 1 atom stereocenters. The quantitative estimate of drug-likeness (QED) is 0.649. The SMILES string of the molecule is C=C(C)C1CN2C(=O)CC(C)(C)NC2=N1. The lowest BCUT2D eigenvalue weighted by Gasteiger charge is -2.36. The number of hydrogen-bond acceptors (Lipinski definition) is 3. The third kappa shape index (κ3) is 1.76. The van der Waals surface area contributed by atoms with Crippen LogP contribution in [0.15, 0.2) is 17.1 Å². The van der Waals surface area contributed by atoms with Gasteiger partial charge in [0.2, 0.25) is 11.9 Å². The van der Waals surface area contributed by atoms with E-state index in [-0.39, 0.29) is 17.5 Å². The molecule has 15 heavy (non-hydrogen) atoms. The van der Waals surface area contributed by atoms with Gasteiger partial charge in [-0.1, -0.05) is 12.2 Å². The lowest BCUT2D eigenvalue weighted by Crippen LogP contribution is -2.58. The van der Waals surface area contributed by atoms with E-state index in [2.05, 4.69) is 16.9 Å². The number of guanidine groups is 1. The molecule has 0 aromatic heterocycles. The third-order valence-corrected chi connectivity index (χ3v) is 2.80. The molecular weight excluding hydrogens is 190 g/mol. The summed E-state index contributed by atoms with van der Waals surface area (Å²) < 4.78 is 0. The van der Waals surface area contributed by atoms with E-state index in [1.165, 1.54) is 0 Å². The average molecular weight is 207 g/mol. The minimum atomic E-state index is -0.184. The second-order valence-electron chi connectivity index (χ2n) is 5.00. The van der Waals surface area contributed by atoms with Crippen LogP contribution in [-0.2, 0) is 4.79 Å². The molecule has 1 N–H and O–H groups in total. The Morgan fingerprint density at radius 1 is 1.67 bits per heavy atom. The second-order valence-corrected chi connectivity index (χ2v) is 5.00. The van der Waals surface area contributed by atoms with Crippen molar-refractivity contribution in [1.29, 1.82) is 0 Å². The van der Waals surface area contributed by atoms with Crippen molar-refractivity contribution in [3.05, 3.63) is 12.2 Å². The molecule has 1 fully saturated rings. The van der Waals surface area contributed by atoms with Crippen LogP contribution in [0.3, 0.4) is 0 Å². The molecule has 0 saturated carbocycles. The van der Waals surface area contributed by atoms with Gasteiger partial charge in [0.15, 0.2) is 0 Å². The van der Waals surface area contributed by atoms with Gasteiger partial charge in [0, 0.05) is 12.0 Å². The predicted octanol–water partition coefficient (Wildman–Crippen LogP) is 0.901. The van der Waals surface area contributed by atoms with Gasteiger partial charge in [-0.25, -0.2) is 4.99 Å². The number of carbonyl (C=O) groups excluding carboxylic acids is 1. The first kappa shape index (κ1) is 10.2. The minimum absolute atomic E-state index is 0.0605. The van der Waals surface area contributed by atoms with Crippen LogP contribution >= 0.6 is 0 Å². The minimum Gasteiger partial charge on any atom is -0.350 e. The summed E-state index contributed by atoms with van der Waals surface area (Å²) in [6.45, 7) is 10.5. The molecule has 1 unspecified atom stereocenters. The van der Waals surface area contributed by atoms with Gasteiger partial charge in [-0.3, -0.25) is 9.69 Å². The van der Waals surface area contributed by atoms with Crippen LogP contribution < -0.4 is 5.32 Å². The number of rotatable bonds is 1. The van der Waals surface area contributed by atoms with Gasteiger partial charge < -0.3 is 5.32 Å². The van der Waals surface area contributed by atoms with Crippen LogP contribution in [0.4, 0.5) is 0 Å². The highest BCUT2D eigenvalue weighted by atomic mass is 16.2. The van der Waals surface area contributed by atoms with Crippen LogP contribution in [-0.4, -0.2) is 34.9 Å². The van der Waals surface area contributed by atoms with E-state index in [0.717, 1.165) is 5.57 Å². The van der Waals surface area contributed by atoms with Gasteiger partial charge in [0.05, 0.1) is 12.6 Å². The highest BCUT2D eigenvalue weighted by Gasteiger charge is 2.39. The largest absolute Gasteiger partial charge is 0.350 e. The summed E-state index contributed by atoms with van der Waals surface area (Å²) in [5.74, 6) is 0.866. The highest BCUT2D eigenvalue weighted by molar-refractivity contribution is 6.01. The van der Waals surface area contributed by atoms with Crippen molar-refractivity contribution < 1.29 is 4.79 Å². The van der Waals surface area contributed by atoms with Crippen molar-refractivity contribution in [3.8, 4) is 0 Å². The Morgan fingerprint density at radius 3 is 2.93 bits per heavy atom. The lowest BCUT2D eigenvalue weighted by molar-refractivity contribution is -0.129. The standard InChI is InChI=1S/C11H17N3O/c1-7(2)8-6-14-9(15)5-11(3,4)13-10(14)12-8/h8H,1,5-6H2,2-4H3,(H,12,13). The Morgan fingerprint density at radius 2 is 2.33 bits per heavy atom. The van der Waals surface area contributed by atoms with Crippen molar-refractivity contribution in [1.82, 2.24) is 10.2 Å². The summed E-state index contributed by atoms with van der Waals surface area (Å²) >= 11 is 0. The molecule has 0 aliphatic carbocycles. The van der Waals surface area contributed by atoms with Crippen molar-refractivity contribution in [2.75, 3.05) is 6.54 Å². The fourth-order valence-corrected chi connectivity index (χ4v) is 1.92. The normalized spacial score (nSPS) is 28.2. The first-order valence-electron chi connectivity index (χ1n) is 5.21. The van der Waals surface area contributed by atoms with Crippen molar-refractivity contribution in [3.63, 3.8) is 0 Å². The van der Waals surface area contributed by atoms with Crippen LogP contribution in [0.5, 0.6) is 0 Å². The molecule has 2 aliphatic rings. The smallest absolute Gasteiger partial charge is 0.231 e. The number of nitrogens with zero attached hydrogens (tertiary/aromatic N) is 2. The molecule has 2 heterocycles.